The summed E-state index contributed by atoms with van der Waals surface area (Å²) in [4.78, 5) is 13.0. The Kier molecular flexibility index (Phi) is 5.66. The maximum Gasteiger partial charge on any atom is 0.221 e. The van der Waals surface area contributed by atoms with Gasteiger partial charge in [-0.15, -0.1) is 0 Å². The largest absolute Gasteiger partial charge is 0.355 e. The van der Waals surface area contributed by atoms with Gasteiger partial charge in [0.05, 0.1) is 0 Å². The van der Waals surface area contributed by atoms with Crippen molar-refractivity contribution < 1.29 is 4.79 Å². The molecule has 1 unspecified atom stereocenters. The third kappa shape index (κ3) is 5.09. The molecule has 0 rings (SSSR count). The Bertz CT molecular complexity index is 136. The fourth-order valence-corrected chi connectivity index (χ4v) is 0.664. The van der Waals surface area contributed by atoms with Crippen LogP contribution >= 0.6 is 0 Å². The van der Waals surface area contributed by atoms with E-state index in [1.807, 2.05) is 14.1 Å². The summed E-state index contributed by atoms with van der Waals surface area (Å²) >= 11 is 0. The molecule has 0 aliphatic heterocycles. The lowest BCUT2D eigenvalue weighted by Gasteiger charge is -2.19. The van der Waals surface area contributed by atoms with Crippen LogP contribution in [0.15, 0.2) is 0 Å². The van der Waals surface area contributed by atoms with Crippen molar-refractivity contribution >= 4 is 5.91 Å². The fourth-order valence-electron chi connectivity index (χ4n) is 0.664. The Labute approximate surface area is 74.1 Å². The summed E-state index contributed by atoms with van der Waals surface area (Å²) < 4.78 is 0. The molecule has 0 saturated heterocycles. The maximum atomic E-state index is 11.0. The SMILES string of the molecule is CC(CNC(=O)CCN)N(C)C. The second kappa shape index (κ2) is 5.97. The molecule has 0 aliphatic carbocycles. The number of nitrogens with two attached hydrogens (primary N) is 1. The van der Waals surface area contributed by atoms with E-state index in [0.29, 0.717) is 25.6 Å². The van der Waals surface area contributed by atoms with Crippen LogP contribution < -0.4 is 11.1 Å². The van der Waals surface area contributed by atoms with Crippen LogP contribution in [0, 0.1) is 0 Å². The predicted molar refractivity (Wildman–Crippen MR) is 49.8 cm³/mol. The molecule has 0 aromatic heterocycles. The van der Waals surface area contributed by atoms with Crippen molar-refractivity contribution in [2.75, 3.05) is 27.2 Å². The van der Waals surface area contributed by atoms with Gasteiger partial charge < -0.3 is 16.0 Å². The number of rotatable bonds is 5. The Balaban J connectivity index is 3.47. The lowest BCUT2D eigenvalue weighted by molar-refractivity contribution is -0.121. The van der Waals surface area contributed by atoms with E-state index in [0.717, 1.165) is 0 Å². The summed E-state index contributed by atoms with van der Waals surface area (Å²) in [5.74, 6) is 0.0335. The zero-order chi connectivity index (χ0) is 9.56. The number of hydrogen-bond donors (Lipinski definition) is 2. The van der Waals surface area contributed by atoms with E-state index in [9.17, 15) is 4.79 Å². The first kappa shape index (κ1) is 11.4. The van der Waals surface area contributed by atoms with Gasteiger partial charge in [-0.3, -0.25) is 4.79 Å². The van der Waals surface area contributed by atoms with Crippen molar-refractivity contribution in [2.45, 2.75) is 19.4 Å². The van der Waals surface area contributed by atoms with Gasteiger partial charge >= 0.3 is 0 Å². The predicted octanol–water partition coefficient (Wildman–Crippen LogP) is -0.598. The molecule has 0 radical (unpaired) electrons. The quantitative estimate of drug-likeness (QED) is 0.584. The maximum absolute atomic E-state index is 11.0. The number of nitrogens with zero attached hydrogens (tertiary/aromatic N) is 1. The summed E-state index contributed by atoms with van der Waals surface area (Å²) in [6, 6.07) is 0.367. The van der Waals surface area contributed by atoms with Crippen LogP contribution in [0.3, 0.4) is 0 Å². The number of amides is 1. The van der Waals surface area contributed by atoms with Crippen molar-refractivity contribution in [3.63, 3.8) is 0 Å². The third-order valence-electron chi connectivity index (χ3n) is 1.85. The van der Waals surface area contributed by atoms with Gasteiger partial charge in [-0.05, 0) is 21.0 Å². The summed E-state index contributed by atoms with van der Waals surface area (Å²) in [5.41, 5.74) is 5.22. The van der Waals surface area contributed by atoms with Crippen LogP contribution in [0.1, 0.15) is 13.3 Å². The molecule has 0 bridgehead atoms. The normalized spacial score (nSPS) is 13.1. The first-order valence-electron chi connectivity index (χ1n) is 4.21. The highest BCUT2D eigenvalue weighted by Gasteiger charge is 2.05. The van der Waals surface area contributed by atoms with Crippen LogP contribution in [0.5, 0.6) is 0 Å². The van der Waals surface area contributed by atoms with Crippen LogP contribution in [-0.4, -0.2) is 44.0 Å². The molecule has 0 spiro atoms. The lowest BCUT2D eigenvalue weighted by Crippen LogP contribution is -2.38. The van der Waals surface area contributed by atoms with Gasteiger partial charge in [0.2, 0.25) is 5.91 Å². The number of likely N-dealkylation sites (N-methyl/N-ethyl adjacent to an activating group) is 1. The monoisotopic (exact) mass is 173 g/mol. The van der Waals surface area contributed by atoms with Gasteiger partial charge in [0.25, 0.3) is 0 Å². The standard InChI is InChI=1S/C8H19N3O/c1-7(11(2)3)6-10-8(12)4-5-9/h7H,4-6,9H2,1-3H3,(H,10,12). The van der Waals surface area contributed by atoms with Gasteiger partial charge in [0.1, 0.15) is 0 Å². The molecule has 0 aromatic carbocycles. The van der Waals surface area contributed by atoms with E-state index < -0.39 is 0 Å². The highest BCUT2D eigenvalue weighted by Crippen LogP contribution is 1.88. The Morgan fingerprint density at radius 3 is 2.58 bits per heavy atom. The molecule has 0 heterocycles. The highest BCUT2D eigenvalue weighted by atomic mass is 16.1. The van der Waals surface area contributed by atoms with Gasteiger partial charge in [-0.2, -0.15) is 0 Å². The molecule has 0 saturated carbocycles. The first-order valence-corrected chi connectivity index (χ1v) is 4.21. The molecule has 4 heteroatoms. The Morgan fingerprint density at radius 2 is 2.17 bits per heavy atom. The minimum Gasteiger partial charge on any atom is -0.355 e. The molecular formula is C8H19N3O. The molecule has 12 heavy (non-hydrogen) atoms. The van der Waals surface area contributed by atoms with Crippen molar-refractivity contribution in [1.29, 1.82) is 0 Å². The second-order valence-corrected chi connectivity index (χ2v) is 3.16. The average Bonchev–Trinajstić information content (AvgIpc) is 2.00. The molecule has 3 N–H and O–H groups in total. The number of nitrogens with one attached hydrogen (secondary N) is 1. The first-order chi connectivity index (χ1) is 5.57. The number of hydrogen-bond acceptors (Lipinski definition) is 3. The zero-order valence-corrected chi connectivity index (χ0v) is 8.13. The highest BCUT2D eigenvalue weighted by molar-refractivity contribution is 5.76. The van der Waals surface area contributed by atoms with Crippen LogP contribution in [0.25, 0.3) is 0 Å². The summed E-state index contributed by atoms with van der Waals surface area (Å²) in [7, 11) is 3.97. The van der Waals surface area contributed by atoms with E-state index in [1.165, 1.54) is 0 Å². The van der Waals surface area contributed by atoms with Crippen molar-refractivity contribution in [3.05, 3.63) is 0 Å². The summed E-state index contributed by atoms with van der Waals surface area (Å²) in [5, 5.41) is 2.80. The molecular weight excluding hydrogens is 154 g/mol. The zero-order valence-electron chi connectivity index (χ0n) is 8.13. The van der Waals surface area contributed by atoms with E-state index in [4.69, 9.17) is 5.73 Å². The number of carbonyl (C=O) groups is 1. The summed E-state index contributed by atoms with van der Waals surface area (Å²) in [6.45, 7) is 3.16. The third-order valence-corrected chi connectivity index (χ3v) is 1.85. The van der Waals surface area contributed by atoms with Gasteiger partial charge in [-0.25, -0.2) is 0 Å². The minimum absolute atomic E-state index is 0.0335. The molecule has 0 fully saturated rings. The van der Waals surface area contributed by atoms with Crippen LogP contribution in [0.2, 0.25) is 0 Å². The molecule has 72 valence electrons. The van der Waals surface area contributed by atoms with E-state index in [-0.39, 0.29) is 5.91 Å². The lowest BCUT2D eigenvalue weighted by atomic mass is 10.3. The van der Waals surface area contributed by atoms with Crippen LogP contribution in [0.4, 0.5) is 0 Å². The fraction of sp³-hybridized carbons (Fsp3) is 0.875. The van der Waals surface area contributed by atoms with Gasteiger partial charge in [0.15, 0.2) is 0 Å². The molecule has 0 aromatic rings. The van der Waals surface area contributed by atoms with E-state index in [1.54, 1.807) is 0 Å². The van der Waals surface area contributed by atoms with Crippen LogP contribution in [-0.2, 0) is 4.79 Å². The Hall–Kier alpha value is -0.610. The average molecular weight is 173 g/mol. The summed E-state index contributed by atoms with van der Waals surface area (Å²) in [6.07, 6.45) is 0.417. The van der Waals surface area contributed by atoms with Crippen molar-refractivity contribution in [1.82, 2.24) is 10.2 Å². The Morgan fingerprint density at radius 1 is 1.58 bits per heavy atom. The topological polar surface area (TPSA) is 58.4 Å². The molecule has 1 atom stereocenters. The molecule has 0 aliphatic rings. The minimum atomic E-state index is 0.0335. The van der Waals surface area contributed by atoms with E-state index >= 15 is 0 Å². The molecule has 4 nitrogen and oxygen atoms in total. The van der Waals surface area contributed by atoms with Crippen molar-refractivity contribution in [2.24, 2.45) is 5.73 Å². The van der Waals surface area contributed by atoms with Gasteiger partial charge in [-0.1, -0.05) is 0 Å². The van der Waals surface area contributed by atoms with Gasteiger partial charge in [0, 0.05) is 25.6 Å². The molecule has 1 amide bonds. The number of carbonyl (C=O) groups excluding carboxylic acids is 1. The second-order valence-electron chi connectivity index (χ2n) is 3.16. The van der Waals surface area contributed by atoms with Crippen molar-refractivity contribution in [3.8, 4) is 0 Å². The van der Waals surface area contributed by atoms with E-state index in [2.05, 4.69) is 17.1 Å². The smallest absolute Gasteiger partial charge is 0.221 e.